The first-order chi connectivity index (χ1) is 13.0. The van der Waals surface area contributed by atoms with Gasteiger partial charge in [0, 0.05) is 24.9 Å². The lowest BCUT2D eigenvalue weighted by Crippen LogP contribution is -2.55. The second-order valence-electron chi connectivity index (χ2n) is 6.71. The van der Waals surface area contributed by atoms with Crippen molar-refractivity contribution >= 4 is 23.3 Å². The van der Waals surface area contributed by atoms with E-state index in [1.165, 1.54) is 6.20 Å². The van der Waals surface area contributed by atoms with Crippen LogP contribution in [-0.4, -0.2) is 41.7 Å². The highest BCUT2D eigenvalue weighted by Crippen LogP contribution is 2.26. The molecule has 2 aromatic rings. The fraction of sp³-hybridized carbons (Fsp3) is 0.421. The number of nitrogens with zero attached hydrogens (tertiary/aromatic N) is 2. The van der Waals surface area contributed by atoms with Gasteiger partial charge < -0.3 is 20.5 Å². The van der Waals surface area contributed by atoms with E-state index in [0.717, 1.165) is 18.4 Å². The molecule has 0 spiro atoms. The summed E-state index contributed by atoms with van der Waals surface area (Å²) in [6.45, 7) is 1.36. The number of halogens is 1. The van der Waals surface area contributed by atoms with Crippen LogP contribution in [0.5, 0.6) is 0 Å². The number of carbonyl (C=O) groups excluding carboxylic acids is 1. The number of benzene rings is 1. The number of amides is 1. The summed E-state index contributed by atoms with van der Waals surface area (Å²) in [7, 11) is 1.55. The molecule has 3 rings (SSSR count). The zero-order valence-electron chi connectivity index (χ0n) is 15.2. The van der Waals surface area contributed by atoms with E-state index in [2.05, 4.69) is 15.3 Å². The Balaban J connectivity index is 1.79. The Hall–Kier alpha value is -2.22. The zero-order valence-corrected chi connectivity index (χ0v) is 16.0. The molecule has 144 valence electrons. The average molecular weight is 391 g/mol. The van der Waals surface area contributed by atoms with Crippen LogP contribution in [0.2, 0.25) is 5.02 Å². The summed E-state index contributed by atoms with van der Waals surface area (Å²) in [4.78, 5) is 21.1. The number of nitrogens with one attached hydrogen (secondary N) is 1. The van der Waals surface area contributed by atoms with E-state index in [-0.39, 0.29) is 23.9 Å². The smallest absolute Gasteiger partial charge is 0.257 e. The molecule has 0 bridgehead atoms. The molecule has 3 N–H and O–H groups in total. The lowest BCUT2D eigenvalue weighted by Gasteiger charge is -2.38. The molecule has 1 aromatic heterocycles. The van der Waals surface area contributed by atoms with Gasteiger partial charge in [0.2, 0.25) is 0 Å². The van der Waals surface area contributed by atoms with Crippen molar-refractivity contribution in [2.24, 2.45) is 0 Å². The second kappa shape index (κ2) is 8.65. The van der Waals surface area contributed by atoms with Gasteiger partial charge in [-0.1, -0.05) is 23.7 Å². The van der Waals surface area contributed by atoms with Crippen LogP contribution in [0.4, 0.5) is 5.82 Å². The molecule has 0 aliphatic carbocycles. The Labute approximate surface area is 163 Å². The summed E-state index contributed by atoms with van der Waals surface area (Å²) in [5.41, 5.74) is 6.76. The summed E-state index contributed by atoms with van der Waals surface area (Å²) >= 11 is 5.97. The quantitative estimate of drug-likeness (QED) is 0.785. The Morgan fingerprint density at radius 2 is 2.19 bits per heavy atom. The van der Waals surface area contributed by atoms with Gasteiger partial charge in [-0.05, 0) is 37.0 Å². The number of hydrogen-bond donors (Lipinski definition) is 2. The zero-order chi connectivity index (χ0) is 19.3. The Morgan fingerprint density at radius 3 is 2.81 bits per heavy atom. The van der Waals surface area contributed by atoms with Crippen LogP contribution < -0.4 is 11.1 Å². The van der Waals surface area contributed by atoms with E-state index in [0.29, 0.717) is 30.5 Å². The van der Waals surface area contributed by atoms with Gasteiger partial charge >= 0.3 is 0 Å². The number of aromatic nitrogens is 2. The molecule has 1 aliphatic rings. The van der Waals surface area contributed by atoms with Crippen molar-refractivity contribution in [1.29, 1.82) is 0 Å². The minimum atomic E-state index is -0.513. The highest BCUT2D eigenvalue weighted by atomic mass is 35.5. The van der Waals surface area contributed by atoms with E-state index in [4.69, 9.17) is 26.8 Å². The summed E-state index contributed by atoms with van der Waals surface area (Å²) in [6, 6.07) is 7.61. The molecular weight excluding hydrogens is 368 g/mol. The lowest BCUT2D eigenvalue weighted by molar-refractivity contribution is 0.0197. The monoisotopic (exact) mass is 390 g/mol. The first-order valence-corrected chi connectivity index (χ1v) is 9.14. The maximum Gasteiger partial charge on any atom is 0.257 e. The Bertz CT molecular complexity index is 792. The third kappa shape index (κ3) is 4.94. The first kappa shape index (κ1) is 19.5. The van der Waals surface area contributed by atoms with Gasteiger partial charge in [0.1, 0.15) is 12.4 Å². The third-order valence-corrected chi connectivity index (χ3v) is 4.79. The number of anilines is 1. The minimum Gasteiger partial charge on any atom is -0.383 e. The SMILES string of the molecule is COCc1ncc(C(=O)NC2(Cc3ccc(Cl)cc3)CCCOC2)c(N)n1. The average Bonchev–Trinajstić information content (AvgIpc) is 2.64. The summed E-state index contributed by atoms with van der Waals surface area (Å²) in [5, 5.41) is 3.79. The summed E-state index contributed by atoms with van der Waals surface area (Å²) in [6.07, 6.45) is 3.75. The maximum atomic E-state index is 12.9. The van der Waals surface area contributed by atoms with Crippen molar-refractivity contribution in [3.8, 4) is 0 Å². The second-order valence-corrected chi connectivity index (χ2v) is 7.15. The van der Waals surface area contributed by atoms with Crippen LogP contribution >= 0.6 is 11.6 Å². The van der Waals surface area contributed by atoms with Gasteiger partial charge in [-0.15, -0.1) is 0 Å². The van der Waals surface area contributed by atoms with Crippen molar-refractivity contribution in [2.75, 3.05) is 26.1 Å². The molecular formula is C19H23ClN4O3. The van der Waals surface area contributed by atoms with Crippen molar-refractivity contribution in [3.63, 3.8) is 0 Å². The van der Waals surface area contributed by atoms with Crippen LogP contribution in [0.1, 0.15) is 34.6 Å². The van der Waals surface area contributed by atoms with Gasteiger partial charge in [-0.25, -0.2) is 9.97 Å². The van der Waals surface area contributed by atoms with Crippen LogP contribution in [0.3, 0.4) is 0 Å². The number of methoxy groups -OCH3 is 1. The molecule has 1 fully saturated rings. The maximum absolute atomic E-state index is 12.9. The predicted molar refractivity (Wildman–Crippen MR) is 103 cm³/mol. The fourth-order valence-electron chi connectivity index (χ4n) is 3.24. The predicted octanol–water partition coefficient (Wildman–Crippen LogP) is 2.38. The molecule has 8 heteroatoms. The van der Waals surface area contributed by atoms with Crippen LogP contribution in [0.15, 0.2) is 30.5 Å². The molecule has 1 saturated heterocycles. The lowest BCUT2D eigenvalue weighted by atomic mass is 9.85. The highest BCUT2D eigenvalue weighted by molar-refractivity contribution is 6.30. The van der Waals surface area contributed by atoms with Crippen molar-refractivity contribution in [1.82, 2.24) is 15.3 Å². The Morgan fingerprint density at radius 1 is 1.41 bits per heavy atom. The summed E-state index contributed by atoms with van der Waals surface area (Å²) < 4.78 is 10.7. The van der Waals surface area contributed by atoms with Crippen molar-refractivity contribution in [3.05, 3.63) is 52.4 Å². The number of carbonyl (C=O) groups is 1. The van der Waals surface area contributed by atoms with Crippen LogP contribution in [0, 0.1) is 0 Å². The number of nitrogen functional groups attached to an aromatic ring is 1. The number of hydrogen-bond acceptors (Lipinski definition) is 6. The van der Waals surface area contributed by atoms with Gasteiger partial charge in [-0.2, -0.15) is 0 Å². The first-order valence-electron chi connectivity index (χ1n) is 8.76. The molecule has 1 unspecified atom stereocenters. The largest absolute Gasteiger partial charge is 0.383 e. The van der Waals surface area contributed by atoms with E-state index < -0.39 is 5.54 Å². The van der Waals surface area contributed by atoms with Gasteiger partial charge in [0.15, 0.2) is 5.82 Å². The number of ether oxygens (including phenoxy) is 2. The molecule has 0 saturated carbocycles. The van der Waals surface area contributed by atoms with Crippen molar-refractivity contribution < 1.29 is 14.3 Å². The van der Waals surface area contributed by atoms with Crippen LogP contribution in [0.25, 0.3) is 0 Å². The van der Waals surface area contributed by atoms with Gasteiger partial charge in [-0.3, -0.25) is 4.79 Å². The molecule has 7 nitrogen and oxygen atoms in total. The van der Waals surface area contributed by atoms with E-state index >= 15 is 0 Å². The van der Waals surface area contributed by atoms with Gasteiger partial charge in [0.25, 0.3) is 5.91 Å². The van der Waals surface area contributed by atoms with Gasteiger partial charge in [0.05, 0.1) is 17.7 Å². The van der Waals surface area contributed by atoms with Crippen molar-refractivity contribution in [2.45, 2.75) is 31.4 Å². The summed E-state index contributed by atoms with van der Waals surface area (Å²) in [5.74, 6) is 0.257. The molecule has 0 radical (unpaired) electrons. The molecule has 27 heavy (non-hydrogen) atoms. The molecule has 2 heterocycles. The molecule has 1 amide bonds. The van der Waals surface area contributed by atoms with E-state index in [1.54, 1.807) is 7.11 Å². The van der Waals surface area contributed by atoms with E-state index in [1.807, 2.05) is 24.3 Å². The molecule has 1 aromatic carbocycles. The van der Waals surface area contributed by atoms with E-state index in [9.17, 15) is 4.79 Å². The normalized spacial score (nSPS) is 19.6. The standard InChI is InChI=1S/C19H23ClN4O3/c1-26-11-16-22-10-15(17(21)23-16)18(25)24-19(7-2-8-27-12-19)9-13-3-5-14(20)6-4-13/h3-6,10H,2,7-9,11-12H2,1H3,(H,24,25)(H2,21,22,23). The molecule has 1 atom stereocenters. The minimum absolute atomic E-state index is 0.132. The third-order valence-electron chi connectivity index (χ3n) is 4.54. The Kier molecular flexibility index (Phi) is 6.26. The fourth-order valence-corrected chi connectivity index (χ4v) is 3.37. The molecule has 1 aliphatic heterocycles. The number of rotatable bonds is 6. The van der Waals surface area contributed by atoms with Crippen LogP contribution in [-0.2, 0) is 22.5 Å². The number of nitrogens with two attached hydrogens (primary N) is 1. The topological polar surface area (TPSA) is 99.4 Å². The highest BCUT2D eigenvalue weighted by Gasteiger charge is 2.35.